The van der Waals surface area contributed by atoms with Crippen molar-refractivity contribution in [2.75, 3.05) is 11.9 Å². The zero-order valence-electron chi connectivity index (χ0n) is 13.6. The minimum Gasteiger partial charge on any atom is -0.462 e. The summed E-state index contributed by atoms with van der Waals surface area (Å²) < 4.78 is 10.5. The number of furan rings is 1. The zero-order valence-corrected chi connectivity index (χ0v) is 14.4. The van der Waals surface area contributed by atoms with Crippen molar-refractivity contribution in [3.8, 4) is 0 Å². The number of rotatable bonds is 6. The van der Waals surface area contributed by atoms with Crippen molar-refractivity contribution in [1.29, 1.82) is 0 Å². The lowest BCUT2D eigenvalue weighted by atomic mass is 10.1. The largest absolute Gasteiger partial charge is 0.462 e. The molecule has 0 unspecified atom stereocenters. The minimum atomic E-state index is -0.374. The molecule has 2 aromatic rings. The van der Waals surface area contributed by atoms with Crippen LogP contribution in [0.2, 0.25) is 0 Å². The van der Waals surface area contributed by atoms with Crippen molar-refractivity contribution in [2.24, 2.45) is 0 Å². The Bertz CT molecular complexity index is 783. The van der Waals surface area contributed by atoms with Gasteiger partial charge in [0.15, 0.2) is 0 Å². The third-order valence-corrected chi connectivity index (χ3v) is 4.63. The Morgan fingerprint density at radius 2 is 2.21 bits per heavy atom. The number of aryl methyl sites for hydroxylation is 1. The van der Waals surface area contributed by atoms with Gasteiger partial charge in [-0.1, -0.05) is 0 Å². The van der Waals surface area contributed by atoms with Crippen molar-refractivity contribution in [2.45, 2.75) is 32.6 Å². The van der Waals surface area contributed by atoms with Gasteiger partial charge in [-0.05, 0) is 61.8 Å². The van der Waals surface area contributed by atoms with Crippen molar-refractivity contribution >= 4 is 34.3 Å². The van der Waals surface area contributed by atoms with Crippen LogP contribution in [0.3, 0.4) is 0 Å². The normalized spacial score (nSPS) is 14.1. The lowest BCUT2D eigenvalue weighted by Crippen LogP contribution is -2.13. The highest BCUT2D eigenvalue weighted by atomic mass is 32.1. The molecule has 0 radical (unpaired) electrons. The molecule has 126 valence electrons. The van der Waals surface area contributed by atoms with E-state index in [1.165, 1.54) is 17.4 Å². The number of hydrogen-bond donors (Lipinski definition) is 1. The molecule has 1 N–H and O–H groups in total. The standard InChI is InChI=1S/C18H19NO4S/c1-3-22-18(21)16-14(12-5-6-12)10-24-17(16)19-15(20)9-8-13-7-4-11(2)23-13/h4,7-10,12H,3,5-6H2,1-2H3,(H,19,20). The molecule has 5 nitrogen and oxygen atoms in total. The summed E-state index contributed by atoms with van der Waals surface area (Å²) in [5.74, 6) is 1.12. The van der Waals surface area contributed by atoms with Crippen LogP contribution in [0.15, 0.2) is 28.0 Å². The van der Waals surface area contributed by atoms with Gasteiger partial charge in [0, 0.05) is 6.08 Å². The maximum atomic E-state index is 12.2. The molecule has 1 saturated carbocycles. The Labute approximate surface area is 144 Å². The second kappa shape index (κ2) is 7.05. The summed E-state index contributed by atoms with van der Waals surface area (Å²) in [6.07, 6.45) is 5.15. The average Bonchev–Trinajstić information content (AvgIpc) is 3.18. The van der Waals surface area contributed by atoms with Crippen LogP contribution in [0, 0.1) is 6.92 Å². The number of hydrogen-bond acceptors (Lipinski definition) is 5. The molecule has 2 heterocycles. The SMILES string of the molecule is CCOC(=O)c1c(C2CC2)csc1NC(=O)C=Cc1ccc(C)o1. The highest BCUT2D eigenvalue weighted by Crippen LogP contribution is 2.46. The van der Waals surface area contributed by atoms with Crippen LogP contribution in [0.5, 0.6) is 0 Å². The quantitative estimate of drug-likeness (QED) is 0.624. The highest BCUT2D eigenvalue weighted by Gasteiger charge is 2.32. The molecular formula is C18H19NO4S. The number of carbonyl (C=O) groups is 2. The predicted octanol–water partition coefficient (Wildman–Crippen LogP) is 4.36. The van der Waals surface area contributed by atoms with Crippen LogP contribution >= 0.6 is 11.3 Å². The first-order chi connectivity index (χ1) is 11.6. The first-order valence-electron chi connectivity index (χ1n) is 7.92. The van der Waals surface area contributed by atoms with Gasteiger partial charge in [0.25, 0.3) is 0 Å². The summed E-state index contributed by atoms with van der Waals surface area (Å²) in [6.45, 7) is 3.92. The van der Waals surface area contributed by atoms with E-state index in [2.05, 4.69) is 5.32 Å². The topological polar surface area (TPSA) is 68.5 Å². The lowest BCUT2D eigenvalue weighted by molar-refractivity contribution is -0.111. The van der Waals surface area contributed by atoms with Gasteiger partial charge in [-0.15, -0.1) is 11.3 Å². The Kier molecular flexibility index (Phi) is 4.85. The monoisotopic (exact) mass is 345 g/mol. The van der Waals surface area contributed by atoms with E-state index >= 15 is 0 Å². The van der Waals surface area contributed by atoms with Crippen LogP contribution < -0.4 is 5.32 Å². The number of thiophene rings is 1. The number of esters is 1. The van der Waals surface area contributed by atoms with Gasteiger partial charge in [0.05, 0.1) is 12.2 Å². The maximum absolute atomic E-state index is 12.2. The van der Waals surface area contributed by atoms with E-state index in [1.54, 1.807) is 19.1 Å². The van der Waals surface area contributed by atoms with Gasteiger partial charge in [-0.25, -0.2) is 4.79 Å². The Morgan fingerprint density at radius 1 is 1.42 bits per heavy atom. The fraction of sp³-hybridized carbons (Fsp3) is 0.333. The van der Waals surface area contributed by atoms with Gasteiger partial charge in [-0.3, -0.25) is 4.79 Å². The van der Waals surface area contributed by atoms with E-state index in [9.17, 15) is 9.59 Å². The van der Waals surface area contributed by atoms with Gasteiger partial charge in [0.1, 0.15) is 16.5 Å². The number of anilines is 1. The Hall–Kier alpha value is -2.34. The Balaban J connectivity index is 1.75. The predicted molar refractivity (Wildman–Crippen MR) is 93.4 cm³/mol. The number of nitrogens with one attached hydrogen (secondary N) is 1. The zero-order chi connectivity index (χ0) is 17.1. The summed E-state index contributed by atoms with van der Waals surface area (Å²) in [4.78, 5) is 24.4. The molecule has 24 heavy (non-hydrogen) atoms. The van der Waals surface area contributed by atoms with Crippen LogP contribution in [-0.4, -0.2) is 18.5 Å². The van der Waals surface area contributed by atoms with E-state index < -0.39 is 0 Å². The molecule has 6 heteroatoms. The van der Waals surface area contributed by atoms with Gasteiger partial charge in [-0.2, -0.15) is 0 Å². The number of amides is 1. The molecular weight excluding hydrogens is 326 g/mol. The fourth-order valence-corrected chi connectivity index (χ4v) is 3.46. The van der Waals surface area contributed by atoms with Crippen LogP contribution in [0.1, 0.15) is 53.1 Å². The highest BCUT2D eigenvalue weighted by molar-refractivity contribution is 7.15. The summed E-state index contributed by atoms with van der Waals surface area (Å²) >= 11 is 1.36. The molecule has 3 rings (SSSR count). The molecule has 0 aromatic carbocycles. The second-order valence-corrected chi connectivity index (χ2v) is 6.54. The molecule has 0 saturated heterocycles. The van der Waals surface area contributed by atoms with Gasteiger partial charge < -0.3 is 14.5 Å². The summed E-state index contributed by atoms with van der Waals surface area (Å²) in [7, 11) is 0. The van der Waals surface area contributed by atoms with Gasteiger partial charge >= 0.3 is 5.97 Å². The second-order valence-electron chi connectivity index (χ2n) is 5.66. The summed E-state index contributed by atoms with van der Waals surface area (Å²) in [5.41, 5.74) is 1.49. The third kappa shape index (κ3) is 3.76. The molecule has 1 amide bonds. The van der Waals surface area contributed by atoms with Crippen molar-refractivity contribution < 1.29 is 18.7 Å². The molecule has 2 aromatic heterocycles. The molecule has 0 spiro atoms. The molecule has 0 aliphatic heterocycles. The fourth-order valence-electron chi connectivity index (χ4n) is 2.43. The smallest absolute Gasteiger partial charge is 0.341 e. The molecule has 1 aliphatic carbocycles. The first-order valence-corrected chi connectivity index (χ1v) is 8.80. The van der Waals surface area contributed by atoms with Gasteiger partial charge in [0.2, 0.25) is 5.91 Å². The van der Waals surface area contributed by atoms with Crippen molar-refractivity contribution in [3.05, 3.63) is 46.2 Å². The molecule has 0 atom stereocenters. The number of carbonyl (C=O) groups excluding carboxylic acids is 2. The third-order valence-electron chi connectivity index (χ3n) is 3.71. The van der Waals surface area contributed by atoms with E-state index in [4.69, 9.17) is 9.15 Å². The van der Waals surface area contributed by atoms with Crippen molar-refractivity contribution in [1.82, 2.24) is 0 Å². The maximum Gasteiger partial charge on any atom is 0.341 e. The van der Waals surface area contributed by atoms with Crippen molar-refractivity contribution in [3.63, 3.8) is 0 Å². The lowest BCUT2D eigenvalue weighted by Gasteiger charge is -2.06. The molecule has 0 bridgehead atoms. The molecule has 1 fully saturated rings. The first kappa shape index (κ1) is 16.5. The van der Waals surface area contributed by atoms with Crippen LogP contribution in [0.4, 0.5) is 5.00 Å². The van der Waals surface area contributed by atoms with E-state index in [1.807, 2.05) is 18.4 Å². The Morgan fingerprint density at radius 3 is 2.83 bits per heavy atom. The molecule has 1 aliphatic rings. The van der Waals surface area contributed by atoms with E-state index in [-0.39, 0.29) is 11.9 Å². The van der Waals surface area contributed by atoms with Crippen LogP contribution in [-0.2, 0) is 9.53 Å². The summed E-state index contributed by atoms with van der Waals surface area (Å²) in [5, 5.41) is 5.27. The van der Waals surface area contributed by atoms with E-state index in [0.29, 0.717) is 28.8 Å². The number of ether oxygens (including phenoxy) is 1. The summed E-state index contributed by atoms with van der Waals surface area (Å²) in [6, 6.07) is 3.62. The van der Waals surface area contributed by atoms with E-state index in [0.717, 1.165) is 24.2 Å². The average molecular weight is 345 g/mol. The minimum absolute atomic E-state index is 0.307. The van der Waals surface area contributed by atoms with Crippen LogP contribution in [0.25, 0.3) is 6.08 Å².